The van der Waals surface area contributed by atoms with Gasteiger partial charge in [-0.2, -0.15) is 0 Å². The van der Waals surface area contributed by atoms with Gasteiger partial charge in [-0.25, -0.2) is 4.98 Å². The van der Waals surface area contributed by atoms with Crippen molar-refractivity contribution in [3.63, 3.8) is 0 Å². The van der Waals surface area contributed by atoms with E-state index in [2.05, 4.69) is 26.9 Å². The van der Waals surface area contributed by atoms with Crippen molar-refractivity contribution in [1.82, 2.24) is 24.3 Å². The van der Waals surface area contributed by atoms with Gasteiger partial charge >= 0.3 is 0 Å². The predicted octanol–water partition coefficient (Wildman–Crippen LogP) is 3.63. The Labute approximate surface area is 170 Å². The molecular weight excluding hydrogens is 390 g/mol. The summed E-state index contributed by atoms with van der Waals surface area (Å²) in [6.45, 7) is 0. The van der Waals surface area contributed by atoms with E-state index in [4.69, 9.17) is 4.98 Å². The summed E-state index contributed by atoms with van der Waals surface area (Å²) in [6, 6.07) is 17.9. The molecule has 2 aromatic carbocycles. The van der Waals surface area contributed by atoms with Crippen LogP contribution in [0.25, 0.3) is 22.3 Å². The van der Waals surface area contributed by atoms with Gasteiger partial charge in [-0.1, -0.05) is 66.0 Å². The van der Waals surface area contributed by atoms with Gasteiger partial charge in [0.05, 0.1) is 16.9 Å². The summed E-state index contributed by atoms with van der Waals surface area (Å²) in [6.07, 6.45) is 0. The van der Waals surface area contributed by atoms with E-state index in [1.54, 1.807) is 35.1 Å². The molecule has 0 N–H and O–H groups in total. The Morgan fingerprint density at radius 1 is 1.11 bits per heavy atom. The average molecular weight is 408 g/mol. The Morgan fingerprint density at radius 2 is 1.89 bits per heavy atom. The molecule has 1 atom stereocenters. The predicted molar refractivity (Wildman–Crippen MR) is 113 cm³/mol. The average Bonchev–Trinajstić information content (AvgIpc) is 3.33. The molecule has 28 heavy (non-hydrogen) atoms. The van der Waals surface area contributed by atoms with Crippen LogP contribution in [-0.4, -0.2) is 35.8 Å². The first-order valence-electron chi connectivity index (χ1n) is 8.94. The third-order valence-electron chi connectivity index (χ3n) is 4.81. The molecule has 0 aliphatic carbocycles. The van der Waals surface area contributed by atoms with Crippen LogP contribution in [0.2, 0.25) is 0 Å². The van der Waals surface area contributed by atoms with Gasteiger partial charge in [0.25, 0.3) is 5.56 Å². The standard InChI is InChI=1S/C20H17N5OS2/c1-24-18(26)15-9-5-6-10-16(15)21-19(24)27-11-14-12-28-20-23-22-17(25(14)20)13-7-3-2-4-8-13/h2-10,14H,11-12H2,1H3/t14-/m0/s1. The van der Waals surface area contributed by atoms with Crippen LogP contribution in [0.5, 0.6) is 0 Å². The molecule has 3 heterocycles. The smallest absolute Gasteiger partial charge is 0.261 e. The topological polar surface area (TPSA) is 65.6 Å². The fraction of sp³-hybridized carbons (Fsp3) is 0.200. The lowest BCUT2D eigenvalue weighted by atomic mass is 10.2. The Morgan fingerprint density at radius 3 is 2.75 bits per heavy atom. The van der Waals surface area contributed by atoms with E-state index < -0.39 is 0 Å². The second-order valence-electron chi connectivity index (χ2n) is 6.59. The molecule has 0 fully saturated rings. The summed E-state index contributed by atoms with van der Waals surface area (Å²) < 4.78 is 3.85. The lowest BCUT2D eigenvalue weighted by molar-refractivity contribution is 0.595. The van der Waals surface area contributed by atoms with Crippen LogP contribution < -0.4 is 5.56 Å². The molecule has 1 aliphatic heterocycles. The number of fused-ring (bicyclic) bond motifs is 2. The highest BCUT2D eigenvalue weighted by atomic mass is 32.2. The first-order valence-corrected chi connectivity index (χ1v) is 10.9. The molecule has 6 nitrogen and oxygen atoms in total. The number of aromatic nitrogens is 5. The zero-order valence-electron chi connectivity index (χ0n) is 15.1. The van der Waals surface area contributed by atoms with Gasteiger partial charge < -0.3 is 0 Å². The highest BCUT2D eigenvalue weighted by Crippen LogP contribution is 2.38. The van der Waals surface area contributed by atoms with Crippen LogP contribution in [0, 0.1) is 0 Å². The van der Waals surface area contributed by atoms with E-state index in [1.807, 2.05) is 42.5 Å². The molecule has 140 valence electrons. The van der Waals surface area contributed by atoms with Gasteiger partial charge in [0.2, 0.25) is 0 Å². The summed E-state index contributed by atoms with van der Waals surface area (Å²) in [5.41, 5.74) is 1.79. The summed E-state index contributed by atoms with van der Waals surface area (Å²) in [7, 11) is 1.78. The van der Waals surface area contributed by atoms with Crippen molar-refractivity contribution in [3.8, 4) is 11.4 Å². The first-order chi connectivity index (χ1) is 13.7. The largest absolute Gasteiger partial charge is 0.297 e. The Hall–Kier alpha value is -2.58. The SMILES string of the molecule is Cn1c(SC[C@H]2CSc3nnc(-c4ccccc4)n32)nc2ccccc2c1=O. The second-order valence-corrected chi connectivity index (χ2v) is 8.57. The molecule has 8 heteroatoms. The Balaban J connectivity index is 1.45. The van der Waals surface area contributed by atoms with Gasteiger partial charge in [0.15, 0.2) is 16.1 Å². The fourth-order valence-corrected chi connectivity index (χ4v) is 5.63. The van der Waals surface area contributed by atoms with Crippen LogP contribution in [0.15, 0.2) is 69.7 Å². The molecule has 0 saturated heterocycles. The summed E-state index contributed by atoms with van der Waals surface area (Å²) in [4.78, 5) is 17.3. The van der Waals surface area contributed by atoms with Gasteiger partial charge in [0, 0.05) is 24.1 Å². The summed E-state index contributed by atoms with van der Waals surface area (Å²) in [5.74, 6) is 2.64. The highest BCUT2D eigenvalue weighted by Gasteiger charge is 2.29. The molecular formula is C20H17N5OS2. The van der Waals surface area contributed by atoms with Crippen molar-refractivity contribution < 1.29 is 0 Å². The lowest BCUT2D eigenvalue weighted by Gasteiger charge is -2.15. The van der Waals surface area contributed by atoms with Crippen LogP contribution >= 0.6 is 23.5 Å². The zero-order chi connectivity index (χ0) is 19.1. The van der Waals surface area contributed by atoms with Crippen molar-refractivity contribution in [2.45, 2.75) is 16.4 Å². The van der Waals surface area contributed by atoms with E-state index in [-0.39, 0.29) is 11.6 Å². The number of hydrogen-bond donors (Lipinski definition) is 0. The second kappa shape index (κ2) is 7.10. The molecule has 0 spiro atoms. The van der Waals surface area contributed by atoms with E-state index in [0.717, 1.165) is 38.7 Å². The molecule has 4 aromatic rings. The minimum atomic E-state index is -0.0103. The Kier molecular flexibility index (Phi) is 4.44. The summed E-state index contributed by atoms with van der Waals surface area (Å²) in [5, 5.41) is 11.1. The van der Waals surface area contributed by atoms with Gasteiger partial charge in [-0.05, 0) is 12.1 Å². The molecule has 0 amide bonds. The monoisotopic (exact) mass is 407 g/mol. The Bertz CT molecular complexity index is 1220. The van der Waals surface area contributed by atoms with Crippen LogP contribution in [0.4, 0.5) is 0 Å². The number of benzene rings is 2. The molecule has 0 bridgehead atoms. The highest BCUT2D eigenvalue weighted by molar-refractivity contribution is 8.00. The minimum absolute atomic E-state index is 0.0103. The van der Waals surface area contributed by atoms with Crippen molar-refractivity contribution in [2.24, 2.45) is 7.05 Å². The van der Waals surface area contributed by atoms with E-state index in [0.29, 0.717) is 5.39 Å². The molecule has 2 aromatic heterocycles. The van der Waals surface area contributed by atoms with E-state index >= 15 is 0 Å². The minimum Gasteiger partial charge on any atom is -0.297 e. The maximum atomic E-state index is 12.6. The maximum Gasteiger partial charge on any atom is 0.261 e. The van der Waals surface area contributed by atoms with E-state index in [1.165, 1.54) is 0 Å². The fourth-order valence-electron chi connectivity index (χ4n) is 3.35. The molecule has 0 saturated carbocycles. The number of hydrogen-bond acceptors (Lipinski definition) is 6. The molecule has 5 rings (SSSR count). The van der Waals surface area contributed by atoms with Gasteiger partial charge in [-0.3, -0.25) is 13.9 Å². The van der Waals surface area contributed by atoms with Crippen molar-refractivity contribution in [1.29, 1.82) is 0 Å². The number of para-hydroxylation sites is 1. The zero-order valence-corrected chi connectivity index (χ0v) is 16.8. The molecule has 0 unspecified atom stereocenters. The first kappa shape index (κ1) is 17.5. The summed E-state index contributed by atoms with van der Waals surface area (Å²) >= 11 is 3.33. The lowest BCUT2D eigenvalue weighted by Crippen LogP contribution is -2.20. The van der Waals surface area contributed by atoms with Crippen molar-refractivity contribution in [3.05, 3.63) is 65.0 Å². The number of rotatable bonds is 4. The molecule has 1 aliphatic rings. The van der Waals surface area contributed by atoms with Crippen molar-refractivity contribution >= 4 is 34.4 Å². The number of nitrogens with zero attached hydrogens (tertiary/aromatic N) is 5. The van der Waals surface area contributed by atoms with Crippen LogP contribution in [0.3, 0.4) is 0 Å². The van der Waals surface area contributed by atoms with Crippen LogP contribution in [-0.2, 0) is 7.05 Å². The quantitative estimate of drug-likeness (QED) is 0.380. The molecule has 0 radical (unpaired) electrons. The van der Waals surface area contributed by atoms with Crippen molar-refractivity contribution in [2.75, 3.05) is 11.5 Å². The van der Waals surface area contributed by atoms with Crippen LogP contribution in [0.1, 0.15) is 6.04 Å². The maximum absolute atomic E-state index is 12.6. The third-order valence-corrected chi connectivity index (χ3v) is 7.08. The van der Waals surface area contributed by atoms with E-state index in [9.17, 15) is 4.79 Å². The number of thioether (sulfide) groups is 2. The third kappa shape index (κ3) is 2.93. The van der Waals surface area contributed by atoms with Gasteiger partial charge in [-0.15, -0.1) is 10.2 Å². The normalized spacial score (nSPS) is 15.8. The van der Waals surface area contributed by atoms with Gasteiger partial charge in [0.1, 0.15) is 0 Å².